The average Bonchev–Trinajstić information content (AvgIpc) is 2.61. The van der Waals surface area contributed by atoms with Gasteiger partial charge in [0.25, 0.3) is 0 Å². The fourth-order valence-corrected chi connectivity index (χ4v) is 2.07. The van der Waals surface area contributed by atoms with Crippen LogP contribution < -0.4 is 5.73 Å². The van der Waals surface area contributed by atoms with Crippen LogP contribution in [-0.2, 0) is 7.05 Å². The van der Waals surface area contributed by atoms with E-state index in [2.05, 4.69) is 4.98 Å². The molecule has 4 nitrogen and oxygen atoms in total. The highest BCUT2D eigenvalue weighted by molar-refractivity contribution is 5.99. The zero-order chi connectivity index (χ0) is 14.2. The number of hydrogen-bond donors (Lipinski definition) is 1. The lowest BCUT2D eigenvalue weighted by Crippen LogP contribution is -2.32. The van der Waals surface area contributed by atoms with Gasteiger partial charge < -0.3 is 10.3 Å². The summed E-state index contributed by atoms with van der Waals surface area (Å²) >= 11 is 0. The molecular formula is C15H21N3O. The lowest BCUT2D eigenvalue weighted by Gasteiger charge is -2.17. The maximum absolute atomic E-state index is 12.1. The number of hydrogen-bond acceptors (Lipinski definition) is 3. The number of ketones is 1. The van der Waals surface area contributed by atoms with Gasteiger partial charge in [0.1, 0.15) is 5.82 Å². The number of imidazole rings is 1. The third-order valence-electron chi connectivity index (χ3n) is 3.42. The number of carbonyl (C=O) groups is 1. The maximum atomic E-state index is 12.1. The standard InChI is InChI=1S/C15H21N3O/c1-10-17-12-9-11(5-6-13(12)18(10)4)14(19)7-8-15(2,3)16/h5-6,9H,7-8,16H2,1-4H3. The summed E-state index contributed by atoms with van der Waals surface area (Å²) in [6.07, 6.45) is 1.16. The Morgan fingerprint density at radius 2 is 2.11 bits per heavy atom. The predicted octanol–water partition coefficient (Wildman–Crippen LogP) is 2.58. The Bertz CT molecular complexity index is 620. The van der Waals surface area contributed by atoms with Crippen LogP contribution in [0.4, 0.5) is 0 Å². The molecule has 4 heteroatoms. The van der Waals surface area contributed by atoms with Gasteiger partial charge in [0.2, 0.25) is 0 Å². The summed E-state index contributed by atoms with van der Waals surface area (Å²) in [4.78, 5) is 16.6. The Labute approximate surface area is 113 Å². The molecule has 2 aromatic rings. The molecule has 0 spiro atoms. The third kappa shape index (κ3) is 3.01. The molecule has 0 atom stereocenters. The van der Waals surface area contributed by atoms with Gasteiger partial charge >= 0.3 is 0 Å². The molecule has 0 unspecified atom stereocenters. The third-order valence-corrected chi connectivity index (χ3v) is 3.42. The van der Waals surface area contributed by atoms with Crippen molar-refractivity contribution in [2.75, 3.05) is 0 Å². The molecule has 0 fully saturated rings. The molecule has 2 N–H and O–H groups in total. The predicted molar refractivity (Wildman–Crippen MR) is 77.3 cm³/mol. The number of rotatable bonds is 4. The molecular weight excluding hydrogens is 238 g/mol. The van der Waals surface area contributed by atoms with Crippen molar-refractivity contribution in [2.24, 2.45) is 12.8 Å². The van der Waals surface area contributed by atoms with Crippen molar-refractivity contribution < 1.29 is 4.79 Å². The van der Waals surface area contributed by atoms with Crippen LogP contribution in [-0.4, -0.2) is 20.9 Å². The van der Waals surface area contributed by atoms with E-state index in [1.807, 2.05) is 50.6 Å². The number of nitrogens with two attached hydrogens (primary N) is 1. The number of nitrogens with zero attached hydrogens (tertiary/aromatic N) is 2. The quantitative estimate of drug-likeness (QED) is 0.858. The van der Waals surface area contributed by atoms with Crippen molar-refractivity contribution in [2.45, 2.75) is 39.2 Å². The molecule has 0 bridgehead atoms. The molecule has 0 saturated carbocycles. The van der Waals surface area contributed by atoms with Crippen molar-refractivity contribution in [1.29, 1.82) is 0 Å². The molecule has 19 heavy (non-hydrogen) atoms. The van der Waals surface area contributed by atoms with E-state index in [0.29, 0.717) is 12.8 Å². The Morgan fingerprint density at radius 3 is 2.74 bits per heavy atom. The number of Topliss-reactive ketones (excluding diaryl/α,β-unsaturated/α-hetero) is 1. The fourth-order valence-electron chi connectivity index (χ4n) is 2.07. The molecule has 0 saturated heterocycles. The summed E-state index contributed by atoms with van der Waals surface area (Å²) in [6.45, 7) is 5.83. The van der Waals surface area contributed by atoms with Gasteiger partial charge in [-0.25, -0.2) is 4.98 Å². The van der Waals surface area contributed by atoms with Crippen LogP contribution in [0, 0.1) is 6.92 Å². The second kappa shape index (κ2) is 4.78. The van der Waals surface area contributed by atoms with E-state index in [-0.39, 0.29) is 11.3 Å². The zero-order valence-corrected chi connectivity index (χ0v) is 12.0. The van der Waals surface area contributed by atoms with E-state index >= 15 is 0 Å². The normalized spacial score (nSPS) is 12.1. The van der Waals surface area contributed by atoms with Crippen molar-refractivity contribution in [3.8, 4) is 0 Å². The van der Waals surface area contributed by atoms with Gasteiger partial charge in [0.05, 0.1) is 11.0 Å². The molecule has 1 aromatic carbocycles. The van der Waals surface area contributed by atoms with Crippen LogP contribution in [0.2, 0.25) is 0 Å². The molecule has 1 aromatic heterocycles. The van der Waals surface area contributed by atoms with Gasteiger partial charge in [-0.3, -0.25) is 4.79 Å². The van der Waals surface area contributed by atoms with Crippen molar-refractivity contribution in [1.82, 2.24) is 9.55 Å². The van der Waals surface area contributed by atoms with Crippen molar-refractivity contribution >= 4 is 16.8 Å². The molecule has 0 radical (unpaired) electrons. The average molecular weight is 259 g/mol. The van der Waals surface area contributed by atoms with Gasteiger partial charge in [-0.15, -0.1) is 0 Å². The van der Waals surface area contributed by atoms with Crippen LogP contribution >= 0.6 is 0 Å². The molecule has 0 aliphatic carbocycles. The first-order chi connectivity index (χ1) is 8.78. The highest BCUT2D eigenvalue weighted by Crippen LogP contribution is 2.18. The van der Waals surface area contributed by atoms with Crippen LogP contribution in [0.25, 0.3) is 11.0 Å². The second-order valence-electron chi connectivity index (χ2n) is 5.83. The summed E-state index contributed by atoms with van der Waals surface area (Å²) in [5.41, 5.74) is 8.24. The van der Waals surface area contributed by atoms with Crippen LogP contribution in [0.3, 0.4) is 0 Å². The van der Waals surface area contributed by atoms with Gasteiger partial charge in [-0.1, -0.05) is 0 Å². The van der Waals surface area contributed by atoms with Crippen LogP contribution in [0.5, 0.6) is 0 Å². The van der Waals surface area contributed by atoms with Gasteiger partial charge in [0.15, 0.2) is 5.78 Å². The molecule has 0 amide bonds. The topological polar surface area (TPSA) is 60.9 Å². The lowest BCUT2D eigenvalue weighted by atomic mass is 9.96. The van der Waals surface area contributed by atoms with Crippen LogP contribution in [0.1, 0.15) is 42.9 Å². The molecule has 2 rings (SSSR count). The van der Waals surface area contributed by atoms with Crippen LogP contribution in [0.15, 0.2) is 18.2 Å². The van der Waals surface area contributed by atoms with E-state index in [1.165, 1.54) is 0 Å². The summed E-state index contributed by atoms with van der Waals surface area (Å²) in [6, 6.07) is 5.69. The number of aryl methyl sites for hydroxylation is 2. The van der Waals surface area contributed by atoms with E-state index in [4.69, 9.17) is 5.73 Å². The number of carbonyl (C=O) groups excluding carboxylic acids is 1. The largest absolute Gasteiger partial charge is 0.331 e. The summed E-state index contributed by atoms with van der Waals surface area (Å²) in [5.74, 6) is 1.08. The Morgan fingerprint density at radius 1 is 1.42 bits per heavy atom. The summed E-state index contributed by atoms with van der Waals surface area (Å²) in [7, 11) is 1.98. The Kier molecular flexibility index (Phi) is 3.45. The second-order valence-corrected chi connectivity index (χ2v) is 5.83. The summed E-state index contributed by atoms with van der Waals surface area (Å²) in [5, 5.41) is 0. The fraction of sp³-hybridized carbons (Fsp3) is 0.467. The Hall–Kier alpha value is -1.68. The SMILES string of the molecule is Cc1nc2cc(C(=O)CCC(C)(C)N)ccc2n1C. The molecule has 0 aliphatic rings. The van der Waals surface area contributed by atoms with E-state index < -0.39 is 0 Å². The number of benzene rings is 1. The minimum Gasteiger partial charge on any atom is -0.331 e. The molecule has 0 aliphatic heterocycles. The summed E-state index contributed by atoms with van der Waals surface area (Å²) < 4.78 is 2.02. The maximum Gasteiger partial charge on any atom is 0.163 e. The van der Waals surface area contributed by atoms with Crippen molar-refractivity contribution in [3.05, 3.63) is 29.6 Å². The van der Waals surface area contributed by atoms with Gasteiger partial charge in [0, 0.05) is 24.6 Å². The minimum absolute atomic E-state index is 0.128. The lowest BCUT2D eigenvalue weighted by molar-refractivity contribution is 0.0972. The smallest absolute Gasteiger partial charge is 0.163 e. The first kappa shape index (κ1) is 13.7. The monoisotopic (exact) mass is 259 g/mol. The highest BCUT2D eigenvalue weighted by atomic mass is 16.1. The zero-order valence-electron chi connectivity index (χ0n) is 12.0. The number of aromatic nitrogens is 2. The molecule has 1 heterocycles. The minimum atomic E-state index is -0.304. The van der Waals surface area contributed by atoms with Gasteiger partial charge in [-0.05, 0) is 45.4 Å². The van der Waals surface area contributed by atoms with E-state index in [0.717, 1.165) is 22.4 Å². The van der Waals surface area contributed by atoms with E-state index in [1.54, 1.807) is 0 Å². The first-order valence-electron chi connectivity index (χ1n) is 6.53. The molecule has 102 valence electrons. The first-order valence-corrected chi connectivity index (χ1v) is 6.53. The highest BCUT2D eigenvalue weighted by Gasteiger charge is 2.15. The Balaban J connectivity index is 2.24. The van der Waals surface area contributed by atoms with Gasteiger partial charge in [-0.2, -0.15) is 0 Å². The number of fused-ring (bicyclic) bond motifs is 1. The van der Waals surface area contributed by atoms with E-state index in [9.17, 15) is 4.79 Å². The van der Waals surface area contributed by atoms with Crippen molar-refractivity contribution in [3.63, 3.8) is 0 Å².